The highest BCUT2D eigenvalue weighted by molar-refractivity contribution is 5.88. The van der Waals surface area contributed by atoms with Gasteiger partial charge in [0, 0.05) is 25.4 Å². The first-order valence-corrected chi connectivity index (χ1v) is 10.3. The molecule has 7 heteroatoms. The van der Waals surface area contributed by atoms with E-state index >= 15 is 0 Å². The summed E-state index contributed by atoms with van der Waals surface area (Å²) >= 11 is 0. The summed E-state index contributed by atoms with van der Waals surface area (Å²) in [6.45, 7) is 0.628. The number of nitrogens with one attached hydrogen (secondary N) is 2. The number of imidazole rings is 1. The van der Waals surface area contributed by atoms with E-state index < -0.39 is 0 Å². The van der Waals surface area contributed by atoms with Crippen molar-refractivity contribution in [2.75, 3.05) is 6.54 Å². The molecule has 2 heterocycles. The number of aromatic amines is 1. The molecular formula is C23H25N5O2. The SMILES string of the molecule is Cn1nc(CC(=O)NCCCCCc2nc3ccccc3[nH]2)c2ccccc2c1=O. The Kier molecular flexibility index (Phi) is 5.88. The highest BCUT2D eigenvalue weighted by Crippen LogP contribution is 2.14. The lowest BCUT2D eigenvalue weighted by Crippen LogP contribution is -2.28. The zero-order chi connectivity index (χ0) is 20.9. The summed E-state index contributed by atoms with van der Waals surface area (Å²) in [6.07, 6.45) is 4.00. The fraction of sp³-hybridized carbons (Fsp3) is 0.304. The largest absolute Gasteiger partial charge is 0.356 e. The third-order valence-corrected chi connectivity index (χ3v) is 5.21. The van der Waals surface area contributed by atoms with E-state index in [2.05, 4.69) is 20.4 Å². The van der Waals surface area contributed by atoms with Crippen LogP contribution in [0.1, 0.15) is 30.8 Å². The van der Waals surface area contributed by atoms with Crippen molar-refractivity contribution in [1.82, 2.24) is 25.1 Å². The van der Waals surface area contributed by atoms with Crippen molar-refractivity contribution >= 4 is 27.7 Å². The first-order chi connectivity index (χ1) is 14.6. The molecule has 7 nitrogen and oxygen atoms in total. The van der Waals surface area contributed by atoms with Crippen LogP contribution in [0.15, 0.2) is 53.3 Å². The van der Waals surface area contributed by atoms with Crippen LogP contribution in [0.25, 0.3) is 21.8 Å². The summed E-state index contributed by atoms with van der Waals surface area (Å²) in [5, 5.41) is 8.57. The van der Waals surface area contributed by atoms with Gasteiger partial charge in [-0.05, 0) is 31.0 Å². The van der Waals surface area contributed by atoms with Crippen molar-refractivity contribution in [1.29, 1.82) is 0 Å². The van der Waals surface area contributed by atoms with Crippen molar-refractivity contribution in [2.45, 2.75) is 32.1 Å². The van der Waals surface area contributed by atoms with Crippen LogP contribution < -0.4 is 10.9 Å². The minimum atomic E-state index is -0.154. The number of amides is 1. The van der Waals surface area contributed by atoms with Crippen molar-refractivity contribution in [3.05, 3.63) is 70.4 Å². The second-order valence-corrected chi connectivity index (χ2v) is 7.46. The number of rotatable bonds is 8. The Morgan fingerprint density at radius 3 is 2.63 bits per heavy atom. The van der Waals surface area contributed by atoms with E-state index in [9.17, 15) is 9.59 Å². The van der Waals surface area contributed by atoms with E-state index in [1.807, 2.05) is 42.5 Å². The predicted octanol–water partition coefficient (Wildman–Crippen LogP) is 2.88. The minimum Gasteiger partial charge on any atom is -0.356 e. The van der Waals surface area contributed by atoms with Gasteiger partial charge in [0.2, 0.25) is 5.91 Å². The fourth-order valence-electron chi connectivity index (χ4n) is 3.67. The molecule has 2 N–H and O–H groups in total. The van der Waals surface area contributed by atoms with E-state index in [0.717, 1.165) is 47.9 Å². The number of fused-ring (bicyclic) bond motifs is 2. The number of aromatic nitrogens is 4. The number of hydrogen-bond donors (Lipinski definition) is 2. The number of nitrogens with zero attached hydrogens (tertiary/aromatic N) is 3. The van der Waals surface area contributed by atoms with E-state index in [1.54, 1.807) is 13.1 Å². The molecular weight excluding hydrogens is 378 g/mol. The van der Waals surface area contributed by atoms with Gasteiger partial charge in [-0.15, -0.1) is 0 Å². The number of unbranched alkanes of at least 4 members (excludes halogenated alkanes) is 2. The molecule has 2 aromatic carbocycles. The van der Waals surface area contributed by atoms with Crippen LogP contribution in [-0.2, 0) is 24.7 Å². The minimum absolute atomic E-state index is 0.0800. The lowest BCUT2D eigenvalue weighted by molar-refractivity contribution is -0.120. The molecule has 154 valence electrons. The molecule has 0 saturated heterocycles. The first kappa shape index (κ1) is 19.8. The van der Waals surface area contributed by atoms with Crippen LogP contribution in [0.5, 0.6) is 0 Å². The topological polar surface area (TPSA) is 92.7 Å². The number of carbonyl (C=O) groups is 1. The van der Waals surface area contributed by atoms with Crippen LogP contribution >= 0.6 is 0 Å². The van der Waals surface area contributed by atoms with Crippen molar-refractivity contribution < 1.29 is 4.79 Å². The summed E-state index contributed by atoms with van der Waals surface area (Å²) in [4.78, 5) is 32.5. The van der Waals surface area contributed by atoms with Crippen molar-refractivity contribution in [3.8, 4) is 0 Å². The van der Waals surface area contributed by atoms with Crippen molar-refractivity contribution in [2.24, 2.45) is 7.05 Å². The zero-order valence-electron chi connectivity index (χ0n) is 17.0. The monoisotopic (exact) mass is 403 g/mol. The van der Waals surface area contributed by atoms with Crippen LogP contribution in [0, 0.1) is 0 Å². The molecule has 0 radical (unpaired) electrons. The Morgan fingerprint density at radius 2 is 1.80 bits per heavy atom. The van der Waals surface area contributed by atoms with Gasteiger partial charge in [-0.2, -0.15) is 5.10 Å². The molecule has 0 aliphatic carbocycles. The van der Waals surface area contributed by atoms with Gasteiger partial charge in [0.05, 0.1) is 28.5 Å². The normalized spacial score (nSPS) is 11.2. The smallest absolute Gasteiger partial charge is 0.274 e. The van der Waals surface area contributed by atoms with E-state index in [1.165, 1.54) is 4.68 Å². The zero-order valence-corrected chi connectivity index (χ0v) is 17.0. The maximum absolute atomic E-state index is 12.4. The summed E-state index contributed by atoms with van der Waals surface area (Å²) < 4.78 is 1.29. The van der Waals surface area contributed by atoms with Crippen LogP contribution in [0.4, 0.5) is 0 Å². The first-order valence-electron chi connectivity index (χ1n) is 10.3. The highest BCUT2D eigenvalue weighted by Gasteiger charge is 2.12. The quantitative estimate of drug-likeness (QED) is 0.443. The predicted molar refractivity (Wildman–Crippen MR) is 117 cm³/mol. The molecule has 0 atom stereocenters. The molecule has 2 aromatic heterocycles. The van der Waals surface area contributed by atoms with Crippen molar-refractivity contribution in [3.63, 3.8) is 0 Å². The Labute approximate surface area is 174 Å². The third-order valence-electron chi connectivity index (χ3n) is 5.21. The average molecular weight is 403 g/mol. The van der Waals surface area contributed by atoms with Gasteiger partial charge in [0.25, 0.3) is 5.56 Å². The fourth-order valence-corrected chi connectivity index (χ4v) is 3.67. The van der Waals surface area contributed by atoms with Gasteiger partial charge in [0.15, 0.2) is 0 Å². The lowest BCUT2D eigenvalue weighted by Gasteiger charge is -2.09. The number of para-hydroxylation sites is 2. The van der Waals surface area contributed by atoms with Crippen LogP contribution in [-0.4, -0.2) is 32.2 Å². The number of hydrogen-bond acceptors (Lipinski definition) is 4. The molecule has 1 amide bonds. The molecule has 0 unspecified atom stereocenters. The van der Waals surface area contributed by atoms with E-state index in [4.69, 9.17) is 0 Å². The maximum Gasteiger partial charge on any atom is 0.274 e. The van der Waals surface area contributed by atoms with Gasteiger partial charge in [-0.1, -0.05) is 36.8 Å². The Bertz CT molecular complexity index is 1210. The summed E-state index contributed by atoms with van der Waals surface area (Å²) in [5.41, 5.74) is 2.54. The molecule has 0 spiro atoms. The molecule has 30 heavy (non-hydrogen) atoms. The van der Waals surface area contributed by atoms with Crippen LogP contribution in [0.3, 0.4) is 0 Å². The maximum atomic E-state index is 12.4. The lowest BCUT2D eigenvalue weighted by atomic mass is 10.1. The molecule has 0 bridgehead atoms. The molecule has 0 saturated carbocycles. The Balaban J connectivity index is 1.23. The van der Waals surface area contributed by atoms with Gasteiger partial charge >= 0.3 is 0 Å². The number of aryl methyl sites for hydroxylation is 2. The average Bonchev–Trinajstić information content (AvgIpc) is 3.17. The van der Waals surface area contributed by atoms with Gasteiger partial charge in [0.1, 0.15) is 5.82 Å². The molecule has 4 aromatic rings. The third kappa shape index (κ3) is 4.40. The molecule has 4 rings (SSSR count). The Hall–Kier alpha value is -3.48. The summed E-state index contributed by atoms with van der Waals surface area (Å²) in [6, 6.07) is 15.3. The summed E-state index contributed by atoms with van der Waals surface area (Å²) in [5.74, 6) is 0.927. The van der Waals surface area contributed by atoms with Gasteiger partial charge in [-0.25, -0.2) is 9.67 Å². The van der Waals surface area contributed by atoms with E-state index in [0.29, 0.717) is 17.6 Å². The van der Waals surface area contributed by atoms with Gasteiger partial charge in [-0.3, -0.25) is 9.59 Å². The second-order valence-electron chi connectivity index (χ2n) is 7.46. The Morgan fingerprint density at radius 1 is 1.03 bits per heavy atom. The highest BCUT2D eigenvalue weighted by atomic mass is 16.1. The number of carbonyl (C=O) groups excluding carboxylic acids is 1. The van der Waals surface area contributed by atoms with Gasteiger partial charge < -0.3 is 10.3 Å². The summed E-state index contributed by atoms with van der Waals surface area (Å²) in [7, 11) is 1.61. The molecule has 0 fully saturated rings. The van der Waals surface area contributed by atoms with Crippen LogP contribution in [0.2, 0.25) is 0 Å². The number of benzene rings is 2. The molecule has 0 aliphatic rings. The molecule has 0 aliphatic heterocycles. The van der Waals surface area contributed by atoms with E-state index in [-0.39, 0.29) is 17.9 Å². The number of H-pyrrole nitrogens is 1. The standard InChI is InChI=1S/C23H25N5O2/c1-28-23(30)17-10-5-4-9-16(17)20(27-28)15-22(29)24-14-8-2-3-13-21-25-18-11-6-7-12-19(18)26-21/h4-7,9-12H,2-3,8,13-15H2,1H3,(H,24,29)(H,25,26). The second kappa shape index (κ2) is 8.90.